The summed E-state index contributed by atoms with van der Waals surface area (Å²) in [6.45, 7) is 5.91. The molecule has 3 rings (SSSR count). The number of likely N-dealkylation sites (tertiary alicyclic amines) is 1. The number of piperidine rings is 1. The van der Waals surface area contributed by atoms with E-state index in [-0.39, 0.29) is 18.0 Å². The molecule has 8 heteroatoms. The summed E-state index contributed by atoms with van der Waals surface area (Å²) in [5.41, 5.74) is 0.537. The van der Waals surface area contributed by atoms with Crippen molar-refractivity contribution in [2.75, 3.05) is 19.7 Å². The van der Waals surface area contributed by atoms with Crippen molar-refractivity contribution in [2.24, 2.45) is 5.92 Å². The lowest BCUT2D eigenvalue weighted by molar-refractivity contribution is 0.0515. The molecule has 1 aliphatic rings. The summed E-state index contributed by atoms with van der Waals surface area (Å²) in [5, 5.41) is 0.455. The fourth-order valence-corrected chi connectivity index (χ4v) is 2.85. The molecule has 0 spiro atoms. The zero-order valence-electron chi connectivity index (χ0n) is 15.5. The molecule has 0 N–H and O–H groups in total. The summed E-state index contributed by atoms with van der Waals surface area (Å²) in [4.78, 5) is 26.9. The van der Waals surface area contributed by atoms with Gasteiger partial charge in [0.05, 0.1) is 36.1 Å². The number of hydrogen-bond donors (Lipinski definition) is 0. The quantitative estimate of drug-likeness (QED) is 0.753. The van der Waals surface area contributed by atoms with Crippen LogP contribution < -0.4 is 9.47 Å². The number of carbonyl (C=O) groups is 1. The summed E-state index contributed by atoms with van der Waals surface area (Å²) < 4.78 is 11.3. The molecule has 1 unspecified atom stereocenters. The summed E-state index contributed by atoms with van der Waals surface area (Å²) in [6.07, 6.45) is 6.09. The molecule has 0 bridgehead atoms. The third-order valence-corrected chi connectivity index (χ3v) is 4.28. The fourth-order valence-electron chi connectivity index (χ4n) is 2.76. The van der Waals surface area contributed by atoms with E-state index in [1.165, 1.54) is 12.4 Å². The van der Waals surface area contributed by atoms with E-state index in [0.29, 0.717) is 42.1 Å². The number of nitrogens with zero attached hydrogens (tertiary/aromatic N) is 4. The Morgan fingerprint density at radius 2 is 2.04 bits per heavy atom. The lowest BCUT2D eigenvalue weighted by Crippen LogP contribution is -2.44. The minimum Gasteiger partial charge on any atom is -0.477 e. The van der Waals surface area contributed by atoms with E-state index >= 15 is 0 Å². The number of amides is 1. The van der Waals surface area contributed by atoms with Gasteiger partial charge < -0.3 is 14.4 Å². The van der Waals surface area contributed by atoms with Crippen LogP contribution in [0.3, 0.4) is 0 Å². The third kappa shape index (κ3) is 5.53. The normalized spacial score (nSPS) is 17.0. The Morgan fingerprint density at radius 1 is 1.26 bits per heavy atom. The largest absolute Gasteiger partial charge is 0.477 e. The maximum atomic E-state index is 12.8. The first-order valence-electron chi connectivity index (χ1n) is 9.03. The molecule has 2 aromatic heterocycles. The Hall–Kier alpha value is -2.41. The second kappa shape index (κ2) is 8.99. The Bertz CT molecular complexity index is 753. The van der Waals surface area contributed by atoms with Gasteiger partial charge in [-0.3, -0.25) is 4.79 Å². The first-order valence-corrected chi connectivity index (χ1v) is 9.41. The van der Waals surface area contributed by atoms with Gasteiger partial charge in [0.2, 0.25) is 5.88 Å². The van der Waals surface area contributed by atoms with Gasteiger partial charge in [-0.2, -0.15) is 0 Å². The zero-order chi connectivity index (χ0) is 19.2. The summed E-state index contributed by atoms with van der Waals surface area (Å²) in [7, 11) is 0. The van der Waals surface area contributed by atoms with E-state index in [0.717, 1.165) is 12.8 Å². The van der Waals surface area contributed by atoms with Gasteiger partial charge in [-0.15, -0.1) is 0 Å². The highest BCUT2D eigenvalue weighted by atomic mass is 35.5. The SMILES string of the molecule is CC(C)COc1ccc(C(=O)N2CCCC(Oc3ncc(Cl)cn3)C2)cn1. The fraction of sp³-hybridized carbons (Fsp3) is 0.474. The summed E-state index contributed by atoms with van der Waals surface area (Å²) in [6, 6.07) is 3.75. The van der Waals surface area contributed by atoms with Gasteiger partial charge in [-0.1, -0.05) is 25.4 Å². The van der Waals surface area contributed by atoms with Gasteiger partial charge in [0.25, 0.3) is 5.91 Å². The van der Waals surface area contributed by atoms with Gasteiger partial charge in [-0.25, -0.2) is 15.0 Å². The molecule has 0 radical (unpaired) electrons. The average Bonchev–Trinajstić information content (AvgIpc) is 2.68. The minimum atomic E-state index is -0.148. The van der Waals surface area contributed by atoms with Crippen LogP contribution in [0.4, 0.5) is 0 Å². The third-order valence-electron chi connectivity index (χ3n) is 4.08. The number of ether oxygens (including phenoxy) is 2. The number of rotatable bonds is 6. The van der Waals surface area contributed by atoms with Crippen molar-refractivity contribution in [3.05, 3.63) is 41.3 Å². The first kappa shape index (κ1) is 19.4. The van der Waals surface area contributed by atoms with E-state index in [1.807, 2.05) is 0 Å². The number of halogens is 1. The van der Waals surface area contributed by atoms with Crippen molar-refractivity contribution in [2.45, 2.75) is 32.8 Å². The maximum Gasteiger partial charge on any atom is 0.316 e. The molecule has 1 fully saturated rings. The summed E-state index contributed by atoms with van der Waals surface area (Å²) in [5.74, 6) is 0.881. The predicted octanol–water partition coefficient (Wildman–Crippen LogP) is 3.24. The molecular weight excluding hydrogens is 368 g/mol. The molecule has 0 aliphatic carbocycles. The van der Waals surface area contributed by atoms with Gasteiger partial charge in [0, 0.05) is 18.8 Å². The van der Waals surface area contributed by atoms with Crippen LogP contribution in [0.2, 0.25) is 5.02 Å². The van der Waals surface area contributed by atoms with Crippen molar-refractivity contribution >= 4 is 17.5 Å². The molecule has 27 heavy (non-hydrogen) atoms. The Kier molecular flexibility index (Phi) is 6.45. The molecule has 7 nitrogen and oxygen atoms in total. The maximum absolute atomic E-state index is 12.8. The molecule has 1 amide bonds. The van der Waals surface area contributed by atoms with Crippen LogP contribution in [0, 0.1) is 5.92 Å². The van der Waals surface area contributed by atoms with Crippen LogP contribution in [0.1, 0.15) is 37.0 Å². The predicted molar refractivity (Wildman–Crippen MR) is 101 cm³/mol. The lowest BCUT2D eigenvalue weighted by Gasteiger charge is -2.32. The second-order valence-electron chi connectivity index (χ2n) is 6.91. The topological polar surface area (TPSA) is 77.4 Å². The molecule has 1 atom stereocenters. The van der Waals surface area contributed by atoms with Crippen LogP contribution in [0.25, 0.3) is 0 Å². The van der Waals surface area contributed by atoms with Crippen LogP contribution >= 0.6 is 11.6 Å². The van der Waals surface area contributed by atoms with E-state index in [2.05, 4.69) is 28.8 Å². The van der Waals surface area contributed by atoms with Crippen molar-refractivity contribution in [1.29, 1.82) is 0 Å². The number of aromatic nitrogens is 3. The van der Waals surface area contributed by atoms with E-state index in [4.69, 9.17) is 21.1 Å². The van der Waals surface area contributed by atoms with Crippen LogP contribution in [0.5, 0.6) is 11.9 Å². The molecule has 1 aliphatic heterocycles. The Morgan fingerprint density at radius 3 is 2.70 bits per heavy atom. The molecule has 1 saturated heterocycles. The second-order valence-corrected chi connectivity index (χ2v) is 7.34. The van der Waals surface area contributed by atoms with Crippen molar-refractivity contribution in [3.8, 4) is 11.9 Å². The van der Waals surface area contributed by atoms with Gasteiger partial charge in [0.1, 0.15) is 6.10 Å². The van der Waals surface area contributed by atoms with Crippen molar-refractivity contribution in [3.63, 3.8) is 0 Å². The Labute approximate surface area is 163 Å². The van der Waals surface area contributed by atoms with Crippen molar-refractivity contribution < 1.29 is 14.3 Å². The highest BCUT2D eigenvalue weighted by Gasteiger charge is 2.26. The Balaban J connectivity index is 1.58. The first-order chi connectivity index (χ1) is 13.0. The van der Waals surface area contributed by atoms with Gasteiger partial charge >= 0.3 is 6.01 Å². The zero-order valence-corrected chi connectivity index (χ0v) is 16.2. The highest BCUT2D eigenvalue weighted by molar-refractivity contribution is 6.30. The lowest BCUT2D eigenvalue weighted by atomic mass is 10.1. The van der Waals surface area contributed by atoms with Gasteiger partial charge in [-0.05, 0) is 24.8 Å². The monoisotopic (exact) mass is 390 g/mol. The average molecular weight is 391 g/mol. The number of carbonyl (C=O) groups excluding carboxylic acids is 1. The van der Waals surface area contributed by atoms with Crippen molar-refractivity contribution in [1.82, 2.24) is 19.9 Å². The number of pyridine rings is 1. The molecule has 2 aromatic rings. The summed E-state index contributed by atoms with van der Waals surface area (Å²) >= 11 is 5.78. The van der Waals surface area contributed by atoms with Crippen LogP contribution in [-0.4, -0.2) is 51.6 Å². The van der Waals surface area contributed by atoms with E-state index in [1.54, 1.807) is 23.2 Å². The molecule has 0 saturated carbocycles. The van der Waals surface area contributed by atoms with Crippen LogP contribution in [0.15, 0.2) is 30.7 Å². The van der Waals surface area contributed by atoms with Crippen LogP contribution in [-0.2, 0) is 0 Å². The molecule has 144 valence electrons. The molecule has 0 aromatic carbocycles. The minimum absolute atomic E-state index is 0.0664. The van der Waals surface area contributed by atoms with E-state index in [9.17, 15) is 4.79 Å². The molecule has 3 heterocycles. The standard InChI is InChI=1S/C19H23ClN4O3/c1-13(2)12-26-17-6-5-14(8-21-17)18(25)24-7-3-4-16(11-24)27-19-22-9-15(20)10-23-19/h5-6,8-10,13,16H,3-4,7,11-12H2,1-2H3. The van der Waals surface area contributed by atoms with Gasteiger partial charge in [0.15, 0.2) is 0 Å². The van der Waals surface area contributed by atoms with E-state index < -0.39 is 0 Å². The molecular formula is C19H23ClN4O3. The smallest absolute Gasteiger partial charge is 0.316 e. The highest BCUT2D eigenvalue weighted by Crippen LogP contribution is 2.19. The number of hydrogen-bond acceptors (Lipinski definition) is 6.